The van der Waals surface area contributed by atoms with Crippen molar-refractivity contribution in [3.05, 3.63) is 41.0 Å². The Kier molecular flexibility index (Phi) is 2.89. The van der Waals surface area contributed by atoms with E-state index >= 15 is 0 Å². The van der Waals surface area contributed by atoms with E-state index < -0.39 is 0 Å². The predicted molar refractivity (Wildman–Crippen MR) is 57.8 cm³/mol. The number of carbonyl (C=O) groups excluding carboxylic acids is 1. The van der Waals surface area contributed by atoms with Crippen molar-refractivity contribution >= 4 is 23.1 Å². The quantitative estimate of drug-likeness (QED) is 0.607. The number of H-pyrrole nitrogens is 1. The summed E-state index contributed by atoms with van der Waals surface area (Å²) in [5.41, 5.74) is 0. The third-order valence-corrected chi connectivity index (χ3v) is 2.52. The van der Waals surface area contributed by atoms with Gasteiger partial charge in [0.1, 0.15) is 6.33 Å². The molecule has 2 aromatic heterocycles. The standard InChI is InChI=1S/C9H8N4OS/c14-7(8-2-1-5-15-8)3-4-10-9-11-6-12-13-9/h1-6H,(H2,10,11,12,13)/b4-3-. The highest BCUT2D eigenvalue weighted by molar-refractivity contribution is 7.12. The first-order valence-electron chi connectivity index (χ1n) is 4.22. The van der Waals surface area contributed by atoms with Gasteiger partial charge >= 0.3 is 0 Å². The van der Waals surface area contributed by atoms with Gasteiger partial charge in [-0.05, 0) is 11.4 Å². The molecule has 0 saturated carbocycles. The highest BCUT2D eigenvalue weighted by atomic mass is 32.1. The Morgan fingerprint density at radius 2 is 2.53 bits per heavy atom. The molecule has 0 atom stereocenters. The minimum atomic E-state index is -0.0305. The van der Waals surface area contributed by atoms with Crippen LogP contribution in [0.25, 0.3) is 0 Å². The second-order valence-electron chi connectivity index (χ2n) is 2.65. The van der Waals surface area contributed by atoms with Gasteiger partial charge in [-0.3, -0.25) is 4.79 Å². The van der Waals surface area contributed by atoms with E-state index in [0.717, 1.165) is 0 Å². The second-order valence-corrected chi connectivity index (χ2v) is 3.60. The van der Waals surface area contributed by atoms with E-state index in [0.29, 0.717) is 10.8 Å². The average molecular weight is 220 g/mol. The number of hydrogen-bond donors (Lipinski definition) is 2. The molecular formula is C9H8N4OS. The van der Waals surface area contributed by atoms with Crippen LogP contribution >= 0.6 is 11.3 Å². The number of ketones is 1. The fourth-order valence-corrected chi connectivity index (χ4v) is 1.62. The van der Waals surface area contributed by atoms with Gasteiger partial charge in [0.15, 0.2) is 5.78 Å². The van der Waals surface area contributed by atoms with Crippen LogP contribution in [0.3, 0.4) is 0 Å². The molecule has 0 radical (unpaired) electrons. The highest BCUT2D eigenvalue weighted by Gasteiger charge is 2.00. The normalized spacial score (nSPS) is 10.7. The van der Waals surface area contributed by atoms with E-state index in [1.165, 1.54) is 29.9 Å². The van der Waals surface area contributed by atoms with Gasteiger partial charge in [-0.1, -0.05) is 6.07 Å². The van der Waals surface area contributed by atoms with Gasteiger partial charge in [0.2, 0.25) is 5.95 Å². The number of hydrogen-bond acceptors (Lipinski definition) is 5. The monoisotopic (exact) mass is 220 g/mol. The summed E-state index contributed by atoms with van der Waals surface area (Å²) in [4.78, 5) is 16.0. The minimum Gasteiger partial charge on any atom is -0.331 e. The maximum Gasteiger partial charge on any atom is 0.222 e. The van der Waals surface area contributed by atoms with E-state index in [1.807, 2.05) is 11.4 Å². The topological polar surface area (TPSA) is 70.7 Å². The largest absolute Gasteiger partial charge is 0.331 e. The summed E-state index contributed by atoms with van der Waals surface area (Å²) < 4.78 is 0. The fraction of sp³-hybridized carbons (Fsp3) is 0. The summed E-state index contributed by atoms with van der Waals surface area (Å²) >= 11 is 1.41. The first-order valence-corrected chi connectivity index (χ1v) is 5.10. The summed E-state index contributed by atoms with van der Waals surface area (Å²) in [5.74, 6) is 0.474. The predicted octanol–water partition coefficient (Wildman–Crippen LogP) is 1.67. The highest BCUT2D eigenvalue weighted by Crippen LogP contribution is 2.09. The van der Waals surface area contributed by atoms with Crippen molar-refractivity contribution in [1.82, 2.24) is 15.2 Å². The third kappa shape index (κ3) is 2.50. The molecule has 76 valence electrons. The Balaban J connectivity index is 1.92. The van der Waals surface area contributed by atoms with E-state index in [1.54, 1.807) is 6.07 Å². The fourth-order valence-electron chi connectivity index (χ4n) is 0.972. The van der Waals surface area contributed by atoms with Gasteiger partial charge in [0.25, 0.3) is 0 Å². The molecule has 0 aliphatic heterocycles. The Morgan fingerprint density at radius 1 is 1.60 bits per heavy atom. The minimum absolute atomic E-state index is 0.0305. The zero-order valence-electron chi connectivity index (χ0n) is 7.68. The van der Waals surface area contributed by atoms with Crippen LogP contribution in [0.15, 0.2) is 36.1 Å². The number of aromatic nitrogens is 3. The molecule has 5 nitrogen and oxygen atoms in total. The Morgan fingerprint density at radius 3 is 3.20 bits per heavy atom. The number of thiophene rings is 1. The molecule has 0 aromatic carbocycles. The third-order valence-electron chi connectivity index (χ3n) is 1.63. The lowest BCUT2D eigenvalue weighted by Crippen LogP contribution is -1.94. The van der Waals surface area contributed by atoms with Crippen LogP contribution in [-0.4, -0.2) is 21.0 Å². The summed E-state index contributed by atoms with van der Waals surface area (Å²) in [7, 11) is 0. The van der Waals surface area contributed by atoms with Gasteiger partial charge in [-0.15, -0.1) is 11.3 Å². The summed E-state index contributed by atoms with van der Waals surface area (Å²) in [6.07, 6.45) is 4.37. The molecule has 0 spiro atoms. The molecule has 2 rings (SSSR count). The number of rotatable bonds is 4. The van der Waals surface area contributed by atoms with Gasteiger partial charge in [0.05, 0.1) is 4.88 Å². The lowest BCUT2D eigenvalue weighted by Gasteiger charge is -1.91. The molecule has 2 heterocycles. The lowest BCUT2D eigenvalue weighted by atomic mass is 10.3. The summed E-state index contributed by atoms with van der Waals surface area (Å²) in [6, 6.07) is 3.63. The SMILES string of the molecule is O=C(/C=C\Nc1ncn[nH]1)c1cccs1. The molecule has 0 fully saturated rings. The van der Waals surface area contributed by atoms with E-state index in [-0.39, 0.29) is 5.78 Å². The van der Waals surface area contributed by atoms with E-state index in [4.69, 9.17) is 0 Å². The Hall–Kier alpha value is -1.95. The number of anilines is 1. The van der Waals surface area contributed by atoms with Gasteiger partial charge in [-0.25, -0.2) is 5.10 Å². The van der Waals surface area contributed by atoms with Crippen LogP contribution in [0.2, 0.25) is 0 Å². The zero-order valence-corrected chi connectivity index (χ0v) is 8.49. The maximum absolute atomic E-state index is 11.5. The molecule has 0 bridgehead atoms. The molecule has 0 unspecified atom stereocenters. The smallest absolute Gasteiger partial charge is 0.222 e. The van der Waals surface area contributed by atoms with Crippen LogP contribution in [0.1, 0.15) is 9.67 Å². The first-order chi connectivity index (χ1) is 7.36. The van der Waals surface area contributed by atoms with Crippen molar-refractivity contribution in [2.45, 2.75) is 0 Å². The van der Waals surface area contributed by atoms with Crippen molar-refractivity contribution < 1.29 is 4.79 Å². The number of nitrogens with one attached hydrogen (secondary N) is 2. The number of carbonyl (C=O) groups is 1. The van der Waals surface area contributed by atoms with Crippen LogP contribution < -0.4 is 5.32 Å². The summed E-state index contributed by atoms with van der Waals surface area (Å²) in [6.45, 7) is 0. The molecule has 2 N–H and O–H groups in total. The van der Waals surface area contributed by atoms with Crippen molar-refractivity contribution in [3.8, 4) is 0 Å². The molecular weight excluding hydrogens is 212 g/mol. The van der Waals surface area contributed by atoms with Gasteiger partial charge in [0, 0.05) is 12.3 Å². The molecule has 0 aliphatic carbocycles. The molecule has 0 aliphatic rings. The Bertz CT molecular complexity index is 446. The molecule has 0 saturated heterocycles. The second kappa shape index (κ2) is 4.52. The molecule has 6 heteroatoms. The van der Waals surface area contributed by atoms with Gasteiger partial charge in [-0.2, -0.15) is 10.1 Å². The van der Waals surface area contributed by atoms with Crippen LogP contribution in [-0.2, 0) is 0 Å². The van der Waals surface area contributed by atoms with Crippen LogP contribution in [0.4, 0.5) is 5.95 Å². The van der Waals surface area contributed by atoms with E-state index in [2.05, 4.69) is 20.5 Å². The van der Waals surface area contributed by atoms with Crippen molar-refractivity contribution in [2.75, 3.05) is 5.32 Å². The summed E-state index contributed by atoms with van der Waals surface area (Å²) in [5, 5.41) is 10.9. The average Bonchev–Trinajstić information content (AvgIpc) is 2.90. The van der Waals surface area contributed by atoms with Crippen molar-refractivity contribution in [3.63, 3.8) is 0 Å². The van der Waals surface area contributed by atoms with Crippen molar-refractivity contribution in [1.29, 1.82) is 0 Å². The number of aromatic amines is 1. The first kappa shape index (κ1) is 9.60. The zero-order chi connectivity index (χ0) is 10.5. The maximum atomic E-state index is 11.5. The van der Waals surface area contributed by atoms with Crippen molar-refractivity contribution in [2.24, 2.45) is 0 Å². The number of allylic oxidation sites excluding steroid dienone is 1. The van der Waals surface area contributed by atoms with Gasteiger partial charge < -0.3 is 5.32 Å². The molecule has 0 amide bonds. The Labute approximate surface area is 89.9 Å². The molecule has 15 heavy (non-hydrogen) atoms. The van der Waals surface area contributed by atoms with E-state index in [9.17, 15) is 4.79 Å². The molecule has 2 aromatic rings. The lowest BCUT2D eigenvalue weighted by molar-refractivity contribution is 0.105. The van der Waals surface area contributed by atoms with Crippen LogP contribution in [0, 0.1) is 0 Å². The number of nitrogens with zero attached hydrogens (tertiary/aromatic N) is 2. The van der Waals surface area contributed by atoms with Crippen LogP contribution in [0.5, 0.6) is 0 Å².